The number of rotatable bonds is 6. The second-order valence-electron chi connectivity index (χ2n) is 7.59. The molecule has 2 heterocycles. The number of carbonyl (C=O) groups is 1. The summed E-state index contributed by atoms with van der Waals surface area (Å²) in [6.45, 7) is 4.76. The zero-order valence-corrected chi connectivity index (χ0v) is 15.8. The average molecular weight is 364 g/mol. The lowest BCUT2D eigenvalue weighted by Crippen LogP contribution is -2.54. The van der Waals surface area contributed by atoms with Crippen molar-refractivity contribution in [1.29, 1.82) is 0 Å². The van der Waals surface area contributed by atoms with Gasteiger partial charge in [0.15, 0.2) is 11.6 Å². The van der Waals surface area contributed by atoms with Gasteiger partial charge in [-0.25, -0.2) is 4.39 Å². The van der Waals surface area contributed by atoms with E-state index in [1.165, 1.54) is 7.11 Å². The fraction of sp³-hybridized carbons (Fsp3) is 0.650. The molecule has 1 amide bonds. The van der Waals surface area contributed by atoms with Crippen molar-refractivity contribution in [3.8, 4) is 5.75 Å². The summed E-state index contributed by atoms with van der Waals surface area (Å²) in [5, 5.41) is 0. The van der Waals surface area contributed by atoms with Gasteiger partial charge < -0.3 is 14.4 Å². The molecule has 144 valence electrons. The summed E-state index contributed by atoms with van der Waals surface area (Å²) in [6.07, 6.45) is 3.83. The Kier molecular flexibility index (Phi) is 6.14. The van der Waals surface area contributed by atoms with Gasteiger partial charge in [-0.15, -0.1) is 0 Å². The average Bonchev–Trinajstić information content (AvgIpc) is 2.63. The highest BCUT2D eigenvalue weighted by Crippen LogP contribution is 2.39. The van der Waals surface area contributed by atoms with Crippen molar-refractivity contribution in [2.75, 3.05) is 47.0 Å². The highest BCUT2D eigenvalue weighted by molar-refractivity contribution is 5.77. The Morgan fingerprint density at radius 3 is 2.81 bits per heavy atom. The van der Waals surface area contributed by atoms with E-state index in [0.29, 0.717) is 19.6 Å². The topological polar surface area (TPSA) is 42.0 Å². The van der Waals surface area contributed by atoms with Crippen LogP contribution >= 0.6 is 0 Å². The smallest absolute Gasteiger partial charge is 0.222 e. The molecule has 2 saturated heterocycles. The van der Waals surface area contributed by atoms with E-state index in [2.05, 4.69) is 4.90 Å². The number of carbonyl (C=O) groups excluding carboxylic acids is 1. The first-order chi connectivity index (χ1) is 12.5. The molecule has 6 heteroatoms. The zero-order valence-electron chi connectivity index (χ0n) is 15.8. The Morgan fingerprint density at radius 2 is 2.08 bits per heavy atom. The van der Waals surface area contributed by atoms with E-state index in [-0.39, 0.29) is 22.9 Å². The van der Waals surface area contributed by atoms with Crippen LogP contribution < -0.4 is 4.74 Å². The summed E-state index contributed by atoms with van der Waals surface area (Å²) in [5.41, 5.74) is 1.12. The fourth-order valence-electron chi connectivity index (χ4n) is 4.35. The summed E-state index contributed by atoms with van der Waals surface area (Å²) in [6, 6.07) is 5.18. The van der Waals surface area contributed by atoms with E-state index in [0.717, 1.165) is 51.0 Å². The highest BCUT2D eigenvalue weighted by atomic mass is 19.1. The van der Waals surface area contributed by atoms with Crippen LogP contribution in [0.25, 0.3) is 0 Å². The van der Waals surface area contributed by atoms with Gasteiger partial charge in [-0.2, -0.15) is 0 Å². The number of hydrogen-bond acceptors (Lipinski definition) is 4. The predicted molar refractivity (Wildman–Crippen MR) is 97.6 cm³/mol. The van der Waals surface area contributed by atoms with Crippen LogP contribution in [0.1, 0.15) is 31.2 Å². The zero-order chi connectivity index (χ0) is 18.6. The Morgan fingerprint density at radius 1 is 1.23 bits per heavy atom. The SMILES string of the molecule is COCCN1C[C@]2(CCCN(Cc3ccc(OC)c(F)c3)C2)CCC1=O. The molecule has 5 nitrogen and oxygen atoms in total. The number of amides is 1. The Balaban J connectivity index is 1.65. The molecular weight excluding hydrogens is 335 g/mol. The number of piperidine rings is 2. The molecule has 0 aliphatic carbocycles. The summed E-state index contributed by atoms with van der Waals surface area (Å²) in [7, 11) is 3.15. The van der Waals surface area contributed by atoms with Gasteiger partial charge >= 0.3 is 0 Å². The number of hydrogen-bond donors (Lipinski definition) is 0. The monoisotopic (exact) mass is 364 g/mol. The summed E-state index contributed by atoms with van der Waals surface area (Å²) < 4.78 is 24.1. The van der Waals surface area contributed by atoms with Crippen LogP contribution in [0.3, 0.4) is 0 Å². The molecule has 1 aromatic carbocycles. The number of benzene rings is 1. The first-order valence-corrected chi connectivity index (χ1v) is 9.37. The molecule has 3 rings (SSSR count). The van der Waals surface area contributed by atoms with Crippen LogP contribution in [0.15, 0.2) is 18.2 Å². The highest BCUT2D eigenvalue weighted by Gasteiger charge is 2.41. The summed E-state index contributed by atoms with van der Waals surface area (Å²) >= 11 is 0. The number of halogens is 1. The maximum absolute atomic E-state index is 14.0. The minimum absolute atomic E-state index is 0.158. The maximum Gasteiger partial charge on any atom is 0.222 e. The molecule has 1 atom stereocenters. The minimum Gasteiger partial charge on any atom is -0.494 e. The number of methoxy groups -OCH3 is 2. The number of nitrogens with zero attached hydrogens (tertiary/aromatic N) is 2. The van der Waals surface area contributed by atoms with Gasteiger partial charge in [0, 0.05) is 45.1 Å². The van der Waals surface area contributed by atoms with E-state index in [9.17, 15) is 9.18 Å². The van der Waals surface area contributed by atoms with Crippen LogP contribution in [0.5, 0.6) is 5.75 Å². The lowest BCUT2D eigenvalue weighted by Gasteiger charge is -2.48. The fourth-order valence-corrected chi connectivity index (χ4v) is 4.35. The Labute approximate surface area is 155 Å². The van der Waals surface area contributed by atoms with E-state index < -0.39 is 0 Å². The molecule has 0 bridgehead atoms. The molecule has 0 N–H and O–H groups in total. The lowest BCUT2D eigenvalue weighted by atomic mass is 9.73. The molecule has 2 fully saturated rings. The van der Waals surface area contributed by atoms with E-state index in [4.69, 9.17) is 9.47 Å². The van der Waals surface area contributed by atoms with Crippen molar-refractivity contribution in [3.05, 3.63) is 29.6 Å². The summed E-state index contributed by atoms with van der Waals surface area (Å²) in [5.74, 6) is 0.205. The van der Waals surface area contributed by atoms with Gasteiger partial charge in [0.25, 0.3) is 0 Å². The molecule has 0 unspecified atom stereocenters. The molecule has 1 spiro atoms. The first-order valence-electron chi connectivity index (χ1n) is 9.37. The Bertz CT molecular complexity index is 639. The van der Waals surface area contributed by atoms with Crippen molar-refractivity contribution in [2.45, 2.75) is 32.2 Å². The van der Waals surface area contributed by atoms with Crippen molar-refractivity contribution >= 4 is 5.91 Å². The molecule has 26 heavy (non-hydrogen) atoms. The summed E-state index contributed by atoms with van der Waals surface area (Å²) in [4.78, 5) is 16.6. The second kappa shape index (κ2) is 8.35. The van der Waals surface area contributed by atoms with Crippen LogP contribution in [-0.2, 0) is 16.1 Å². The van der Waals surface area contributed by atoms with Gasteiger partial charge in [0.05, 0.1) is 13.7 Å². The van der Waals surface area contributed by atoms with Crippen LogP contribution in [-0.4, -0.2) is 62.7 Å². The second-order valence-corrected chi connectivity index (χ2v) is 7.59. The molecule has 0 aromatic heterocycles. The predicted octanol–water partition coefficient (Wildman–Crippen LogP) is 2.69. The number of ether oxygens (including phenoxy) is 2. The number of likely N-dealkylation sites (tertiary alicyclic amines) is 2. The molecular formula is C20H29FN2O3. The van der Waals surface area contributed by atoms with Gasteiger partial charge in [-0.3, -0.25) is 9.69 Å². The van der Waals surface area contributed by atoms with Crippen LogP contribution in [0.2, 0.25) is 0 Å². The third kappa shape index (κ3) is 4.35. The van der Waals surface area contributed by atoms with Crippen LogP contribution in [0, 0.1) is 11.2 Å². The van der Waals surface area contributed by atoms with Gasteiger partial charge in [-0.05, 0) is 43.5 Å². The van der Waals surface area contributed by atoms with E-state index in [1.807, 2.05) is 11.0 Å². The third-order valence-electron chi connectivity index (χ3n) is 5.68. The largest absolute Gasteiger partial charge is 0.494 e. The normalized spacial score (nSPS) is 24.3. The quantitative estimate of drug-likeness (QED) is 0.778. The first kappa shape index (κ1) is 19.1. The molecule has 0 radical (unpaired) electrons. The lowest BCUT2D eigenvalue weighted by molar-refractivity contribution is -0.140. The molecule has 2 aliphatic rings. The van der Waals surface area contributed by atoms with Crippen molar-refractivity contribution in [3.63, 3.8) is 0 Å². The van der Waals surface area contributed by atoms with Gasteiger partial charge in [0.1, 0.15) is 0 Å². The molecule has 2 aliphatic heterocycles. The van der Waals surface area contributed by atoms with Gasteiger partial charge in [-0.1, -0.05) is 6.07 Å². The minimum atomic E-state index is -0.314. The molecule has 1 aromatic rings. The van der Waals surface area contributed by atoms with Crippen LogP contribution in [0.4, 0.5) is 4.39 Å². The maximum atomic E-state index is 14.0. The van der Waals surface area contributed by atoms with E-state index >= 15 is 0 Å². The Hall–Kier alpha value is -1.66. The van der Waals surface area contributed by atoms with Crippen molar-refractivity contribution < 1.29 is 18.7 Å². The molecule has 0 saturated carbocycles. The van der Waals surface area contributed by atoms with Crippen molar-refractivity contribution in [1.82, 2.24) is 9.80 Å². The van der Waals surface area contributed by atoms with E-state index in [1.54, 1.807) is 19.2 Å². The third-order valence-corrected chi connectivity index (χ3v) is 5.68. The van der Waals surface area contributed by atoms with Crippen molar-refractivity contribution in [2.24, 2.45) is 5.41 Å². The standard InChI is InChI=1S/C20H29FN2O3/c1-25-11-10-23-15-20(8-6-19(23)24)7-3-9-22(14-20)13-16-4-5-18(26-2)17(21)12-16/h4-5,12H,3,6-11,13-15H2,1-2H3/t20-/m1/s1. The van der Waals surface area contributed by atoms with Gasteiger partial charge in [0.2, 0.25) is 5.91 Å².